The summed E-state index contributed by atoms with van der Waals surface area (Å²) in [5, 5.41) is 22.7. The number of aliphatic hydroxyl groups excluding tert-OH is 1. The van der Waals surface area contributed by atoms with E-state index in [0.717, 1.165) is 28.5 Å². The zero-order valence-electron chi connectivity index (χ0n) is 20.4. The van der Waals surface area contributed by atoms with Gasteiger partial charge in [0.1, 0.15) is 11.2 Å². The van der Waals surface area contributed by atoms with Crippen LogP contribution in [0.5, 0.6) is 0 Å². The van der Waals surface area contributed by atoms with Gasteiger partial charge in [-0.1, -0.05) is 32.0 Å². The van der Waals surface area contributed by atoms with Crippen LogP contribution in [-0.4, -0.2) is 31.3 Å². The van der Waals surface area contributed by atoms with Crippen molar-refractivity contribution in [3.63, 3.8) is 0 Å². The van der Waals surface area contributed by atoms with E-state index in [2.05, 4.69) is 6.92 Å². The van der Waals surface area contributed by atoms with E-state index in [0.29, 0.717) is 17.9 Å². The molecule has 1 aliphatic rings. The molecule has 3 aromatic rings. The summed E-state index contributed by atoms with van der Waals surface area (Å²) in [7, 11) is 0. The monoisotopic (exact) mass is 464 g/mol. The Bertz CT molecular complexity index is 1340. The Hall–Kier alpha value is -3.03. The summed E-state index contributed by atoms with van der Waals surface area (Å²) < 4.78 is 7.04. The largest absolute Gasteiger partial charge is 0.460 e. The summed E-state index contributed by atoms with van der Waals surface area (Å²) in [4.78, 5) is 31.0. The zero-order valence-corrected chi connectivity index (χ0v) is 20.4. The van der Waals surface area contributed by atoms with E-state index < -0.39 is 23.8 Å². The van der Waals surface area contributed by atoms with Gasteiger partial charge in [0.05, 0.1) is 36.5 Å². The van der Waals surface area contributed by atoms with Crippen molar-refractivity contribution in [3.8, 4) is 11.4 Å². The number of ether oxygens (including phenoxy) is 1. The number of carbonyl (C=O) groups is 1. The van der Waals surface area contributed by atoms with Crippen LogP contribution in [0.4, 0.5) is 0 Å². The van der Waals surface area contributed by atoms with Gasteiger partial charge in [0.2, 0.25) is 0 Å². The summed E-state index contributed by atoms with van der Waals surface area (Å²) in [5.74, 6) is -0.570. The number of aliphatic hydroxyl groups is 2. The van der Waals surface area contributed by atoms with E-state index in [1.54, 1.807) is 38.3 Å². The third-order valence-corrected chi connectivity index (χ3v) is 6.53. The van der Waals surface area contributed by atoms with Crippen LogP contribution in [-0.2, 0) is 34.7 Å². The van der Waals surface area contributed by atoms with Crippen molar-refractivity contribution < 1.29 is 19.7 Å². The lowest BCUT2D eigenvalue weighted by Crippen LogP contribution is -2.36. The summed E-state index contributed by atoms with van der Waals surface area (Å²) in [5.41, 5.74) is 1.83. The summed E-state index contributed by atoms with van der Waals surface area (Å²) >= 11 is 0. The number of hydrogen-bond acceptors (Lipinski definition) is 6. The van der Waals surface area contributed by atoms with E-state index in [4.69, 9.17) is 9.72 Å². The van der Waals surface area contributed by atoms with Crippen LogP contribution in [0.1, 0.15) is 69.7 Å². The highest BCUT2D eigenvalue weighted by atomic mass is 16.6. The fourth-order valence-electron chi connectivity index (χ4n) is 4.90. The van der Waals surface area contributed by atoms with Crippen LogP contribution >= 0.6 is 0 Å². The molecule has 7 nitrogen and oxygen atoms in total. The fraction of sp³-hybridized carbons (Fsp3) is 0.444. The average Bonchev–Trinajstić information content (AvgIpc) is 3.14. The number of esters is 1. The number of aryl methyl sites for hydroxylation is 1. The Balaban J connectivity index is 1.91. The van der Waals surface area contributed by atoms with Gasteiger partial charge in [-0.2, -0.15) is 0 Å². The molecule has 7 heteroatoms. The van der Waals surface area contributed by atoms with E-state index in [-0.39, 0.29) is 29.5 Å². The molecule has 0 saturated carbocycles. The number of para-hydroxylation sites is 1. The molecule has 34 heavy (non-hydrogen) atoms. The van der Waals surface area contributed by atoms with Crippen LogP contribution < -0.4 is 5.56 Å². The second-order valence-corrected chi connectivity index (χ2v) is 9.91. The SMILES string of the molecule is CCc1c2c(nc3ccccc13)-c1cc(C(O)(CC)CC(=O)OC(C)(C)C)c(CO)c(=O)n1C2. The highest BCUT2D eigenvalue weighted by Crippen LogP contribution is 2.39. The van der Waals surface area contributed by atoms with Crippen molar-refractivity contribution in [3.05, 3.63) is 62.9 Å². The average molecular weight is 465 g/mol. The number of carbonyl (C=O) groups excluding carboxylic acids is 1. The summed E-state index contributed by atoms with van der Waals surface area (Å²) in [6, 6.07) is 9.61. The maximum atomic E-state index is 13.5. The fourth-order valence-corrected chi connectivity index (χ4v) is 4.90. The lowest BCUT2D eigenvalue weighted by atomic mass is 9.84. The molecule has 0 amide bonds. The summed E-state index contributed by atoms with van der Waals surface area (Å²) in [6.07, 6.45) is 0.626. The minimum Gasteiger partial charge on any atom is -0.460 e. The van der Waals surface area contributed by atoms with Crippen molar-refractivity contribution in [2.45, 2.75) is 78.2 Å². The first-order valence-electron chi connectivity index (χ1n) is 11.8. The first-order chi connectivity index (χ1) is 16.0. The Labute approximate surface area is 199 Å². The normalized spacial score (nSPS) is 14.6. The van der Waals surface area contributed by atoms with E-state index >= 15 is 0 Å². The minimum atomic E-state index is -1.66. The third-order valence-electron chi connectivity index (χ3n) is 6.53. The second-order valence-electron chi connectivity index (χ2n) is 9.91. The van der Waals surface area contributed by atoms with Gasteiger partial charge in [-0.25, -0.2) is 4.98 Å². The van der Waals surface area contributed by atoms with Gasteiger partial charge in [0.25, 0.3) is 5.56 Å². The quantitative estimate of drug-likeness (QED) is 0.421. The maximum Gasteiger partial charge on any atom is 0.309 e. The van der Waals surface area contributed by atoms with Crippen LogP contribution in [0.3, 0.4) is 0 Å². The Morgan fingerprint density at radius 2 is 1.88 bits per heavy atom. The molecule has 0 spiro atoms. The molecule has 0 radical (unpaired) electrons. The summed E-state index contributed by atoms with van der Waals surface area (Å²) in [6.45, 7) is 8.91. The van der Waals surface area contributed by atoms with Crippen molar-refractivity contribution in [1.29, 1.82) is 0 Å². The Morgan fingerprint density at radius 3 is 2.50 bits per heavy atom. The molecule has 1 aliphatic heterocycles. The molecule has 1 unspecified atom stereocenters. The van der Waals surface area contributed by atoms with Crippen molar-refractivity contribution in [2.75, 3.05) is 0 Å². The third kappa shape index (κ3) is 4.03. The molecule has 2 N–H and O–H groups in total. The van der Waals surface area contributed by atoms with E-state index in [9.17, 15) is 19.8 Å². The maximum absolute atomic E-state index is 13.5. The van der Waals surface area contributed by atoms with Gasteiger partial charge in [0.15, 0.2) is 0 Å². The molecule has 4 rings (SSSR count). The van der Waals surface area contributed by atoms with Gasteiger partial charge < -0.3 is 19.5 Å². The van der Waals surface area contributed by atoms with Crippen LogP contribution in [0.25, 0.3) is 22.3 Å². The highest BCUT2D eigenvalue weighted by molar-refractivity contribution is 5.88. The molecular weight excluding hydrogens is 432 g/mol. The molecule has 0 aliphatic carbocycles. The number of nitrogens with zero attached hydrogens (tertiary/aromatic N) is 2. The number of pyridine rings is 2. The minimum absolute atomic E-state index is 0.0899. The zero-order chi connectivity index (χ0) is 24.8. The van der Waals surface area contributed by atoms with Gasteiger partial charge >= 0.3 is 5.97 Å². The molecule has 2 aromatic heterocycles. The number of aromatic nitrogens is 2. The predicted molar refractivity (Wildman–Crippen MR) is 130 cm³/mol. The molecule has 0 saturated heterocycles. The van der Waals surface area contributed by atoms with Crippen molar-refractivity contribution in [2.24, 2.45) is 0 Å². The van der Waals surface area contributed by atoms with E-state index in [1.807, 2.05) is 24.3 Å². The molecule has 1 aromatic carbocycles. The van der Waals surface area contributed by atoms with Crippen LogP contribution in [0.15, 0.2) is 35.1 Å². The number of hydrogen-bond donors (Lipinski definition) is 2. The van der Waals surface area contributed by atoms with Gasteiger partial charge in [-0.3, -0.25) is 9.59 Å². The second kappa shape index (κ2) is 8.64. The first kappa shape index (κ1) is 24.1. The molecule has 3 heterocycles. The lowest BCUT2D eigenvalue weighted by molar-refractivity contribution is -0.161. The van der Waals surface area contributed by atoms with Gasteiger partial charge in [0, 0.05) is 16.5 Å². The standard InChI is InChI=1S/C27H32N2O5/c1-6-16-17-10-8-9-11-21(17)28-24-18(16)14-29-22(24)12-20(19(15-30)25(29)32)27(33,7-2)13-23(31)34-26(3,4)5/h8-12,30,33H,6-7,13-15H2,1-5H3. The van der Waals surface area contributed by atoms with Crippen molar-refractivity contribution >= 4 is 16.9 Å². The number of benzene rings is 1. The highest BCUT2D eigenvalue weighted by Gasteiger charge is 2.38. The van der Waals surface area contributed by atoms with Gasteiger partial charge in [-0.05, 0) is 56.9 Å². The van der Waals surface area contributed by atoms with Crippen LogP contribution in [0, 0.1) is 0 Å². The molecule has 0 bridgehead atoms. The predicted octanol–water partition coefficient (Wildman–Crippen LogP) is 3.81. The molecular formula is C27H32N2O5. The first-order valence-corrected chi connectivity index (χ1v) is 11.8. The lowest BCUT2D eigenvalue weighted by Gasteiger charge is -2.30. The molecule has 1 atom stereocenters. The number of fused-ring (bicyclic) bond motifs is 4. The topological polar surface area (TPSA) is 102 Å². The number of rotatable bonds is 6. The molecule has 0 fully saturated rings. The van der Waals surface area contributed by atoms with Gasteiger partial charge in [-0.15, -0.1) is 0 Å². The Kier molecular flexibility index (Phi) is 6.12. The molecule has 180 valence electrons. The smallest absolute Gasteiger partial charge is 0.309 e. The van der Waals surface area contributed by atoms with Crippen LogP contribution in [0.2, 0.25) is 0 Å². The van der Waals surface area contributed by atoms with E-state index in [1.165, 1.54) is 0 Å². The van der Waals surface area contributed by atoms with Crippen molar-refractivity contribution in [1.82, 2.24) is 9.55 Å². The Morgan fingerprint density at radius 1 is 1.18 bits per heavy atom.